The lowest BCUT2D eigenvalue weighted by Crippen LogP contribution is -2.43. The molecule has 2 aliphatic carbocycles. The van der Waals surface area contributed by atoms with E-state index in [-0.39, 0.29) is 11.4 Å². The van der Waals surface area contributed by atoms with Gasteiger partial charge in [-0.2, -0.15) is 11.3 Å². The predicted molar refractivity (Wildman–Crippen MR) is 154 cm³/mol. The number of thiophene rings is 1. The van der Waals surface area contributed by atoms with Crippen molar-refractivity contribution in [1.29, 1.82) is 0 Å². The SMILES string of the molecule is CN(C1CCC(CC(=O)Nc2cnc(-c3ccc(C4(N)CCC4)cc3)c(-c3ccsc3)c2)CC1)S(C)=O. The van der Waals surface area contributed by atoms with Gasteiger partial charge in [-0.25, -0.2) is 8.51 Å². The summed E-state index contributed by atoms with van der Waals surface area (Å²) in [6, 6.07) is 13.0. The van der Waals surface area contributed by atoms with E-state index in [1.807, 2.05) is 17.4 Å². The van der Waals surface area contributed by atoms with Gasteiger partial charge in [0, 0.05) is 42.4 Å². The summed E-state index contributed by atoms with van der Waals surface area (Å²) in [4.78, 5) is 17.7. The number of aromatic nitrogens is 1. The van der Waals surface area contributed by atoms with Crippen molar-refractivity contribution in [3.8, 4) is 22.4 Å². The summed E-state index contributed by atoms with van der Waals surface area (Å²) in [5, 5.41) is 7.27. The highest BCUT2D eigenvalue weighted by atomic mass is 32.2. The highest BCUT2D eigenvalue weighted by Crippen LogP contribution is 2.40. The van der Waals surface area contributed by atoms with Crippen LogP contribution >= 0.6 is 11.3 Å². The van der Waals surface area contributed by atoms with E-state index in [0.717, 1.165) is 66.6 Å². The zero-order chi connectivity index (χ0) is 26.0. The predicted octanol–water partition coefficient (Wildman–Crippen LogP) is 5.93. The van der Waals surface area contributed by atoms with Crippen molar-refractivity contribution in [2.75, 3.05) is 18.6 Å². The summed E-state index contributed by atoms with van der Waals surface area (Å²) in [6.07, 6.45) is 11.2. The molecule has 1 aromatic carbocycles. The molecule has 37 heavy (non-hydrogen) atoms. The minimum absolute atomic E-state index is 0.0276. The number of hydrogen-bond acceptors (Lipinski definition) is 5. The fourth-order valence-electron chi connectivity index (χ4n) is 5.60. The molecule has 1 unspecified atom stereocenters. The fourth-order valence-corrected chi connectivity index (χ4v) is 6.89. The van der Waals surface area contributed by atoms with E-state index >= 15 is 0 Å². The van der Waals surface area contributed by atoms with Gasteiger partial charge in [0.25, 0.3) is 0 Å². The van der Waals surface area contributed by atoms with Crippen LogP contribution in [0.3, 0.4) is 0 Å². The molecule has 2 aliphatic rings. The van der Waals surface area contributed by atoms with Gasteiger partial charge in [-0.15, -0.1) is 0 Å². The fraction of sp³-hybridized carbons (Fsp3) is 0.448. The van der Waals surface area contributed by atoms with E-state index in [9.17, 15) is 9.00 Å². The third-order valence-electron chi connectivity index (χ3n) is 8.19. The van der Waals surface area contributed by atoms with Gasteiger partial charge in [-0.05, 0) is 84.9 Å². The molecule has 6 nitrogen and oxygen atoms in total. The first-order chi connectivity index (χ1) is 17.8. The van der Waals surface area contributed by atoms with Gasteiger partial charge in [0.2, 0.25) is 5.91 Å². The van der Waals surface area contributed by atoms with E-state index in [1.165, 1.54) is 12.0 Å². The summed E-state index contributed by atoms with van der Waals surface area (Å²) in [5.74, 6) is 0.387. The third-order valence-corrected chi connectivity index (χ3v) is 9.99. The number of benzene rings is 1. The Morgan fingerprint density at radius 2 is 1.89 bits per heavy atom. The van der Waals surface area contributed by atoms with Crippen LogP contribution in [-0.4, -0.2) is 38.8 Å². The zero-order valence-corrected chi connectivity index (χ0v) is 23.2. The van der Waals surface area contributed by atoms with Gasteiger partial charge >= 0.3 is 0 Å². The maximum Gasteiger partial charge on any atom is 0.224 e. The largest absolute Gasteiger partial charge is 0.325 e. The number of anilines is 1. The molecule has 3 N–H and O–H groups in total. The van der Waals surface area contributed by atoms with Crippen LogP contribution in [0.5, 0.6) is 0 Å². The summed E-state index contributed by atoms with van der Waals surface area (Å²) >= 11 is 1.65. The molecule has 1 atom stereocenters. The summed E-state index contributed by atoms with van der Waals surface area (Å²) in [6.45, 7) is 0. The normalized spacial score (nSPS) is 21.8. The molecule has 2 fully saturated rings. The smallest absolute Gasteiger partial charge is 0.224 e. The number of carbonyl (C=O) groups is 1. The van der Waals surface area contributed by atoms with E-state index in [1.54, 1.807) is 23.8 Å². The van der Waals surface area contributed by atoms with Crippen LogP contribution in [0.25, 0.3) is 22.4 Å². The average molecular weight is 537 g/mol. The van der Waals surface area contributed by atoms with Crippen LogP contribution in [0, 0.1) is 5.92 Å². The number of amides is 1. The van der Waals surface area contributed by atoms with Crippen molar-refractivity contribution < 1.29 is 9.00 Å². The Morgan fingerprint density at radius 1 is 1.16 bits per heavy atom. The average Bonchev–Trinajstić information content (AvgIpc) is 3.42. The van der Waals surface area contributed by atoms with Crippen LogP contribution < -0.4 is 11.1 Å². The minimum Gasteiger partial charge on any atom is -0.325 e. The molecule has 0 spiro atoms. The second-order valence-electron chi connectivity index (χ2n) is 10.6. The Balaban J connectivity index is 1.28. The van der Waals surface area contributed by atoms with Gasteiger partial charge in [-0.1, -0.05) is 24.3 Å². The zero-order valence-electron chi connectivity index (χ0n) is 21.6. The second kappa shape index (κ2) is 11.2. The molecular weight excluding hydrogens is 500 g/mol. The van der Waals surface area contributed by atoms with Gasteiger partial charge in [0.05, 0.1) is 28.6 Å². The molecule has 2 aromatic heterocycles. The van der Waals surface area contributed by atoms with Gasteiger partial charge in [0.1, 0.15) is 0 Å². The lowest BCUT2D eigenvalue weighted by atomic mass is 9.72. The van der Waals surface area contributed by atoms with E-state index in [4.69, 9.17) is 10.7 Å². The maximum absolute atomic E-state index is 12.9. The molecule has 0 saturated heterocycles. The Labute approximate surface area is 226 Å². The topological polar surface area (TPSA) is 88.3 Å². The Kier molecular flexibility index (Phi) is 7.91. The van der Waals surface area contributed by atoms with Crippen molar-refractivity contribution in [1.82, 2.24) is 9.29 Å². The molecule has 0 aliphatic heterocycles. The van der Waals surface area contributed by atoms with Crippen molar-refractivity contribution >= 4 is 33.9 Å². The van der Waals surface area contributed by atoms with Gasteiger partial charge in [0.15, 0.2) is 0 Å². The highest BCUT2D eigenvalue weighted by molar-refractivity contribution is 7.81. The minimum atomic E-state index is -0.949. The molecule has 0 bridgehead atoms. The molecule has 5 rings (SSSR count). The third kappa shape index (κ3) is 5.87. The molecule has 2 heterocycles. The summed E-state index contributed by atoms with van der Waals surface area (Å²) < 4.78 is 13.7. The standard InChI is InChI=1S/C29H36N4O2S2/c1-33(37(2)35)25-10-4-20(5-11-25)16-27(34)32-24-17-26(22-12-15-36-19-22)28(31-18-24)21-6-8-23(9-7-21)29(30)13-3-14-29/h6-9,12,15,17-20,25H,3-5,10-11,13-14,16,30H2,1-2H3,(H,32,34). The van der Waals surface area contributed by atoms with Crippen LogP contribution in [0.15, 0.2) is 53.4 Å². The monoisotopic (exact) mass is 536 g/mol. The Bertz CT molecular complexity index is 1250. The number of carbonyl (C=O) groups excluding carboxylic acids is 1. The first-order valence-electron chi connectivity index (χ1n) is 13.1. The first kappa shape index (κ1) is 26.2. The van der Waals surface area contributed by atoms with Crippen LogP contribution in [0.4, 0.5) is 5.69 Å². The molecule has 196 valence electrons. The Hall–Kier alpha value is -2.39. The van der Waals surface area contributed by atoms with Gasteiger partial charge < -0.3 is 11.1 Å². The van der Waals surface area contributed by atoms with Gasteiger partial charge in [-0.3, -0.25) is 9.78 Å². The number of rotatable bonds is 8. The first-order valence-corrected chi connectivity index (χ1v) is 15.6. The molecule has 0 radical (unpaired) electrons. The number of hydrogen-bond donors (Lipinski definition) is 2. The van der Waals surface area contributed by atoms with E-state index < -0.39 is 11.0 Å². The van der Waals surface area contributed by atoms with Crippen LogP contribution in [0.2, 0.25) is 0 Å². The quantitative estimate of drug-likeness (QED) is 0.374. The van der Waals surface area contributed by atoms with Crippen molar-refractivity contribution in [3.63, 3.8) is 0 Å². The summed E-state index contributed by atoms with van der Waals surface area (Å²) in [5.41, 5.74) is 12.3. The van der Waals surface area contributed by atoms with Crippen LogP contribution in [0.1, 0.15) is 56.9 Å². The number of nitrogens with zero attached hydrogens (tertiary/aromatic N) is 2. The van der Waals surface area contributed by atoms with Crippen LogP contribution in [-0.2, 0) is 21.3 Å². The lowest BCUT2D eigenvalue weighted by molar-refractivity contribution is -0.117. The van der Waals surface area contributed by atoms with Crippen molar-refractivity contribution in [3.05, 3.63) is 58.9 Å². The number of pyridine rings is 1. The number of nitrogens with one attached hydrogen (secondary N) is 1. The molecule has 2 saturated carbocycles. The second-order valence-corrected chi connectivity index (χ2v) is 12.8. The molecule has 8 heteroatoms. The van der Waals surface area contributed by atoms with Crippen molar-refractivity contribution in [2.24, 2.45) is 11.7 Å². The maximum atomic E-state index is 12.9. The highest BCUT2D eigenvalue weighted by Gasteiger charge is 2.34. The molecular formula is C29H36N4O2S2. The lowest BCUT2D eigenvalue weighted by Gasteiger charge is -2.38. The summed E-state index contributed by atoms with van der Waals surface area (Å²) in [7, 11) is 0.975. The number of nitrogens with two attached hydrogens (primary N) is 1. The van der Waals surface area contributed by atoms with Crippen molar-refractivity contribution in [2.45, 2.75) is 62.9 Å². The molecule has 1 amide bonds. The molecule has 3 aromatic rings. The van der Waals surface area contributed by atoms with E-state index in [2.05, 4.69) is 46.4 Å². The Morgan fingerprint density at radius 3 is 2.49 bits per heavy atom. The van der Waals surface area contributed by atoms with E-state index in [0.29, 0.717) is 18.4 Å².